The van der Waals surface area contributed by atoms with Crippen LogP contribution in [0.2, 0.25) is 0 Å². The zero-order valence-electron chi connectivity index (χ0n) is 16.3. The number of aryl methyl sites for hydroxylation is 3. The van der Waals surface area contributed by atoms with E-state index in [9.17, 15) is 4.79 Å². The standard InChI is InChI=1S/C23H23N5O/c29-22(17-8-2-1-3-9-17)16-28-23(24-25-26-28)14-15-27-20-12-6-4-10-18(20)19-11-5-7-13-21(19)27/h1-4,6,8-10,12H,5,7,11,13-16H2. The van der Waals surface area contributed by atoms with Crippen molar-refractivity contribution in [3.8, 4) is 0 Å². The molecular weight excluding hydrogens is 362 g/mol. The van der Waals surface area contributed by atoms with Crippen molar-refractivity contribution in [1.29, 1.82) is 0 Å². The average molecular weight is 385 g/mol. The van der Waals surface area contributed by atoms with E-state index in [2.05, 4.69) is 44.4 Å². The molecule has 1 aliphatic carbocycles. The number of para-hydroxylation sites is 1. The molecule has 29 heavy (non-hydrogen) atoms. The highest BCUT2D eigenvalue weighted by atomic mass is 16.1. The van der Waals surface area contributed by atoms with E-state index < -0.39 is 0 Å². The number of benzene rings is 2. The highest BCUT2D eigenvalue weighted by Gasteiger charge is 2.20. The van der Waals surface area contributed by atoms with Crippen LogP contribution in [0.25, 0.3) is 10.9 Å². The molecule has 0 spiro atoms. The van der Waals surface area contributed by atoms with Crippen LogP contribution >= 0.6 is 0 Å². The van der Waals surface area contributed by atoms with Crippen LogP contribution < -0.4 is 0 Å². The molecule has 6 nitrogen and oxygen atoms in total. The monoisotopic (exact) mass is 385 g/mol. The van der Waals surface area contributed by atoms with Gasteiger partial charge in [-0.25, -0.2) is 4.68 Å². The Morgan fingerprint density at radius 3 is 2.66 bits per heavy atom. The van der Waals surface area contributed by atoms with E-state index in [0.717, 1.165) is 25.2 Å². The molecule has 0 saturated carbocycles. The summed E-state index contributed by atoms with van der Waals surface area (Å²) in [4.78, 5) is 12.5. The molecule has 0 bridgehead atoms. The van der Waals surface area contributed by atoms with Crippen LogP contribution in [0.15, 0.2) is 54.6 Å². The first-order chi connectivity index (χ1) is 14.3. The van der Waals surface area contributed by atoms with E-state index in [0.29, 0.717) is 12.0 Å². The second-order valence-electron chi connectivity index (χ2n) is 7.59. The summed E-state index contributed by atoms with van der Waals surface area (Å²) in [6, 6.07) is 18.0. The fourth-order valence-corrected chi connectivity index (χ4v) is 4.43. The number of nitrogens with zero attached hydrogens (tertiary/aromatic N) is 5. The molecule has 0 N–H and O–H groups in total. The molecule has 4 aromatic rings. The second kappa shape index (κ2) is 7.62. The quantitative estimate of drug-likeness (QED) is 0.476. The number of ketones is 1. The van der Waals surface area contributed by atoms with Crippen LogP contribution in [0.1, 0.15) is 40.3 Å². The van der Waals surface area contributed by atoms with Crippen LogP contribution in [0.3, 0.4) is 0 Å². The number of hydrogen-bond acceptors (Lipinski definition) is 4. The third-order valence-corrected chi connectivity index (χ3v) is 5.84. The lowest BCUT2D eigenvalue weighted by Gasteiger charge is -2.16. The smallest absolute Gasteiger partial charge is 0.184 e. The number of aromatic nitrogens is 5. The zero-order chi connectivity index (χ0) is 19.6. The molecule has 2 heterocycles. The molecule has 1 aliphatic rings. The van der Waals surface area contributed by atoms with Crippen LogP contribution in [0.5, 0.6) is 0 Å². The number of carbonyl (C=O) groups excluding carboxylic acids is 1. The largest absolute Gasteiger partial charge is 0.344 e. The molecule has 0 unspecified atom stereocenters. The fourth-order valence-electron chi connectivity index (χ4n) is 4.43. The maximum atomic E-state index is 12.5. The highest BCUT2D eigenvalue weighted by Crippen LogP contribution is 2.32. The summed E-state index contributed by atoms with van der Waals surface area (Å²) in [5.41, 5.74) is 4.93. The summed E-state index contributed by atoms with van der Waals surface area (Å²) in [6.45, 7) is 0.979. The first-order valence-electron chi connectivity index (χ1n) is 10.2. The van der Waals surface area contributed by atoms with Crippen LogP contribution in [0, 0.1) is 0 Å². The van der Waals surface area contributed by atoms with E-state index >= 15 is 0 Å². The van der Waals surface area contributed by atoms with Crippen molar-refractivity contribution < 1.29 is 4.79 Å². The summed E-state index contributed by atoms with van der Waals surface area (Å²) >= 11 is 0. The summed E-state index contributed by atoms with van der Waals surface area (Å²) < 4.78 is 4.06. The predicted molar refractivity (Wildman–Crippen MR) is 111 cm³/mol. The molecule has 0 saturated heterocycles. The van der Waals surface area contributed by atoms with Crippen LogP contribution in [-0.4, -0.2) is 30.6 Å². The molecule has 0 aliphatic heterocycles. The van der Waals surface area contributed by atoms with E-state index in [1.807, 2.05) is 30.3 Å². The van der Waals surface area contributed by atoms with E-state index in [4.69, 9.17) is 0 Å². The Morgan fingerprint density at radius 1 is 0.966 bits per heavy atom. The third-order valence-electron chi connectivity index (χ3n) is 5.84. The Hall–Kier alpha value is -3.28. The van der Waals surface area contributed by atoms with Gasteiger partial charge < -0.3 is 4.57 Å². The number of Topliss-reactive ketones (excluding diaryl/α,β-unsaturated/α-hetero) is 1. The van der Waals surface area contributed by atoms with Gasteiger partial charge in [-0.1, -0.05) is 48.5 Å². The number of carbonyl (C=O) groups is 1. The minimum absolute atomic E-state index is 0.0166. The minimum Gasteiger partial charge on any atom is -0.344 e. The van der Waals surface area contributed by atoms with E-state index in [-0.39, 0.29) is 12.3 Å². The number of rotatable bonds is 6. The van der Waals surface area contributed by atoms with Gasteiger partial charge in [0, 0.05) is 35.1 Å². The molecule has 0 fully saturated rings. The fraction of sp³-hybridized carbons (Fsp3) is 0.304. The summed E-state index contributed by atoms with van der Waals surface area (Å²) in [6.07, 6.45) is 5.49. The first kappa shape index (κ1) is 17.8. The second-order valence-corrected chi connectivity index (χ2v) is 7.59. The van der Waals surface area contributed by atoms with Crippen LogP contribution in [0.4, 0.5) is 0 Å². The molecule has 0 radical (unpaired) electrons. The van der Waals surface area contributed by atoms with Gasteiger partial charge in [0.2, 0.25) is 0 Å². The topological polar surface area (TPSA) is 65.6 Å². The normalized spacial score (nSPS) is 13.5. The van der Waals surface area contributed by atoms with Crippen molar-refractivity contribution in [3.63, 3.8) is 0 Å². The summed E-state index contributed by atoms with van der Waals surface area (Å²) in [7, 11) is 0. The van der Waals surface area contributed by atoms with Crippen molar-refractivity contribution >= 4 is 16.7 Å². The Bertz CT molecular complexity index is 1160. The van der Waals surface area contributed by atoms with Crippen molar-refractivity contribution in [2.24, 2.45) is 0 Å². The Kier molecular flexibility index (Phi) is 4.68. The number of fused-ring (bicyclic) bond motifs is 3. The van der Waals surface area contributed by atoms with Gasteiger partial charge in [0.05, 0.1) is 0 Å². The zero-order valence-corrected chi connectivity index (χ0v) is 16.3. The van der Waals surface area contributed by atoms with Gasteiger partial charge in [0.1, 0.15) is 6.54 Å². The Labute approximate surface area is 169 Å². The van der Waals surface area contributed by atoms with Gasteiger partial charge in [0.15, 0.2) is 11.6 Å². The Morgan fingerprint density at radius 2 is 1.76 bits per heavy atom. The summed E-state index contributed by atoms with van der Waals surface area (Å²) in [5, 5.41) is 13.4. The van der Waals surface area contributed by atoms with Gasteiger partial charge in [0.25, 0.3) is 0 Å². The summed E-state index contributed by atoms with van der Waals surface area (Å²) in [5.74, 6) is 0.763. The van der Waals surface area contributed by atoms with E-state index in [1.54, 1.807) is 4.68 Å². The Balaban J connectivity index is 1.38. The molecule has 2 aromatic carbocycles. The third kappa shape index (κ3) is 3.35. The SMILES string of the molecule is O=C(Cn1nnnc1CCn1c2c(c3ccccc31)CCCC2)c1ccccc1. The van der Waals surface area contributed by atoms with E-state index in [1.165, 1.54) is 35.0 Å². The number of hydrogen-bond donors (Lipinski definition) is 0. The molecule has 2 aromatic heterocycles. The molecule has 0 amide bonds. The lowest BCUT2D eigenvalue weighted by molar-refractivity contribution is 0.0965. The van der Waals surface area contributed by atoms with Gasteiger partial charge in [-0.2, -0.15) is 0 Å². The lowest BCUT2D eigenvalue weighted by atomic mass is 9.95. The molecule has 5 rings (SSSR count). The highest BCUT2D eigenvalue weighted by molar-refractivity contribution is 5.95. The first-order valence-corrected chi connectivity index (χ1v) is 10.2. The van der Waals surface area contributed by atoms with Crippen molar-refractivity contribution in [1.82, 2.24) is 24.8 Å². The maximum absolute atomic E-state index is 12.5. The van der Waals surface area contributed by atoms with Gasteiger partial charge in [-0.05, 0) is 47.7 Å². The van der Waals surface area contributed by atoms with Crippen molar-refractivity contribution in [2.45, 2.75) is 45.2 Å². The molecule has 6 heteroatoms. The van der Waals surface area contributed by atoms with Gasteiger partial charge in [-0.3, -0.25) is 4.79 Å². The van der Waals surface area contributed by atoms with Gasteiger partial charge >= 0.3 is 0 Å². The predicted octanol–water partition coefficient (Wildman–Crippen LogP) is 3.63. The average Bonchev–Trinajstić information content (AvgIpc) is 3.35. The van der Waals surface area contributed by atoms with Gasteiger partial charge in [-0.15, -0.1) is 5.10 Å². The molecule has 0 atom stereocenters. The number of tetrazole rings is 1. The maximum Gasteiger partial charge on any atom is 0.184 e. The minimum atomic E-state index is 0.0166. The molecule has 146 valence electrons. The van der Waals surface area contributed by atoms with Crippen molar-refractivity contribution in [2.75, 3.05) is 0 Å². The molecular formula is C23H23N5O. The van der Waals surface area contributed by atoms with Crippen LogP contribution in [-0.2, 0) is 32.4 Å². The lowest BCUT2D eigenvalue weighted by Crippen LogP contribution is -2.17. The van der Waals surface area contributed by atoms with Crippen molar-refractivity contribution in [3.05, 3.63) is 77.2 Å².